The van der Waals surface area contributed by atoms with E-state index in [1.807, 2.05) is 16.8 Å². The van der Waals surface area contributed by atoms with Crippen molar-refractivity contribution >= 4 is 39.6 Å². The van der Waals surface area contributed by atoms with Crippen LogP contribution in [0.3, 0.4) is 0 Å². The summed E-state index contributed by atoms with van der Waals surface area (Å²) in [7, 11) is 0. The van der Waals surface area contributed by atoms with Crippen molar-refractivity contribution in [2.45, 2.75) is 45.1 Å². The lowest BCUT2D eigenvalue weighted by Gasteiger charge is -2.26. The summed E-state index contributed by atoms with van der Waals surface area (Å²) in [6.45, 7) is 2.26. The van der Waals surface area contributed by atoms with Crippen LogP contribution in [0.25, 0.3) is 0 Å². The van der Waals surface area contributed by atoms with E-state index in [9.17, 15) is 9.59 Å². The molecule has 2 heterocycles. The fourth-order valence-electron chi connectivity index (χ4n) is 2.86. The van der Waals surface area contributed by atoms with Crippen LogP contribution in [0.15, 0.2) is 22.9 Å². The summed E-state index contributed by atoms with van der Waals surface area (Å²) in [5.41, 5.74) is 0.697. The zero-order chi connectivity index (χ0) is 16.9. The Morgan fingerprint density at radius 3 is 2.75 bits per heavy atom. The molecule has 7 heteroatoms. The molecule has 0 bridgehead atoms. The fraction of sp³-hybridized carbons (Fsp3) is 0.471. The molecular formula is C17H21N3O2S2. The van der Waals surface area contributed by atoms with E-state index in [0.29, 0.717) is 21.7 Å². The van der Waals surface area contributed by atoms with Crippen LogP contribution in [0.5, 0.6) is 0 Å². The molecule has 0 aliphatic heterocycles. The number of thiazole rings is 1. The van der Waals surface area contributed by atoms with Crippen LogP contribution in [0.2, 0.25) is 0 Å². The fourth-order valence-corrected chi connectivity index (χ4v) is 4.18. The largest absolute Gasteiger partial charge is 0.353 e. The van der Waals surface area contributed by atoms with Gasteiger partial charge in [0.15, 0.2) is 5.13 Å². The molecule has 2 N–H and O–H groups in total. The van der Waals surface area contributed by atoms with Crippen LogP contribution < -0.4 is 10.6 Å². The quantitative estimate of drug-likeness (QED) is 0.851. The van der Waals surface area contributed by atoms with Gasteiger partial charge in [0.25, 0.3) is 5.91 Å². The van der Waals surface area contributed by atoms with Crippen molar-refractivity contribution in [3.8, 4) is 0 Å². The number of carbonyl (C=O) groups is 2. The first kappa shape index (κ1) is 17.1. The number of hydrogen-bond donors (Lipinski definition) is 2. The van der Waals surface area contributed by atoms with Crippen LogP contribution >= 0.6 is 22.7 Å². The van der Waals surface area contributed by atoms with E-state index < -0.39 is 0 Å². The van der Waals surface area contributed by atoms with Gasteiger partial charge in [0.05, 0.1) is 17.0 Å². The third kappa shape index (κ3) is 4.64. The molecule has 2 aromatic rings. The van der Waals surface area contributed by atoms with Gasteiger partial charge in [0, 0.05) is 11.4 Å². The molecule has 0 unspecified atom stereocenters. The summed E-state index contributed by atoms with van der Waals surface area (Å²) >= 11 is 2.73. The van der Waals surface area contributed by atoms with E-state index in [1.165, 1.54) is 35.5 Å². The Morgan fingerprint density at radius 2 is 2.04 bits per heavy atom. The zero-order valence-corrected chi connectivity index (χ0v) is 15.2. The van der Waals surface area contributed by atoms with Gasteiger partial charge in [-0.1, -0.05) is 13.0 Å². The predicted octanol–water partition coefficient (Wildman–Crippen LogP) is 3.69. The Hall–Kier alpha value is -1.73. The van der Waals surface area contributed by atoms with Crippen LogP contribution in [0.4, 0.5) is 5.13 Å². The SMILES string of the molecule is CC1CCC(NC(=O)Cc2csc(NC(=O)c3cccs3)n2)CC1. The topological polar surface area (TPSA) is 71.1 Å². The lowest BCUT2D eigenvalue weighted by molar-refractivity contribution is -0.121. The summed E-state index contributed by atoms with van der Waals surface area (Å²) in [6.07, 6.45) is 4.75. The van der Waals surface area contributed by atoms with Crippen molar-refractivity contribution in [2.75, 3.05) is 5.32 Å². The number of nitrogens with one attached hydrogen (secondary N) is 2. The minimum Gasteiger partial charge on any atom is -0.353 e. The van der Waals surface area contributed by atoms with Crippen LogP contribution in [0.1, 0.15) is 48.0 Å². The monoisotopic (exact) mass is 363 g/mol. The molecule has 0 saturated heterocycles. The Morgan fingerprint density at radius 1 is 1.25 bits per heavy atom. The van der Waals surface area contributed by atoms with E-state index in [-0.39, 0.29) is 18.2 Å². The van der Waals surface area contributed by atoms with E-state index in [4.69, 9.17) is 0 Å². The minimum atomic E-state index is -0.160. The number of nitrogens with zero attached hydrogens (tertiary/aromatic N) is 1. The molecule has 128 valence electrons. The Kier molecular flexibility index (Phi) is 5.63. The van der Waals surface area contributed by atoms with Crippen molar-refractivity contribution in [1.82, 2.24) is 10.3 Å². The number of aromatic nitrogens is 1. The number of hydrogen-bond acceptors (Lipinski definition) is 5. The minimum absolute atomic E-state index is 0.0102. The summed E-state index contributed by atoms with van der Waals surface area (Å²) in [5, 5.41) is 10.1. The maximum atomic E-state index is 12.1. The van der Waals surface area contributed by atoms with Crippen molar-refractivity contribution in [3.63, 3.8) is 0 Å². The standard InChI is InChI=1S/C17H21N3O2S2/c1-11-4-6-12(7-5-11)18-15(21)9-13-10-24-17(19-13)20-16(22)14-3-2-8-23-14/h2-3,8,10-12H,4-7,9H2,1H3,(H,18,21)(H,19,20,22). The molecule has 0 radical (unpaired) electrons. The van der Waals surface area contributed by atoms with Crippen molar-refractivity contribution < 1.29 is 9.59 Å². The van der Waals surface area contributed by atoms with Crippen LogP contribution in [-0.4, -0.2) is 22.8 Å². The normalized spacial score (nSPS) is 20.5. The van der Waals surface area contributed by atoms with Crippen molar-refractivity contribution in [3.05, 3.63) is 33.5 Å². The highest BCUT2D eigenvalue weighted by Gasteiger charge is 2.20. The highest BCUT2D eigenvalue weighted by Crippen LogP contribution is 2.23. The molecule has 1 aliphatic rings. The Labute approximate surface area is 149 Å². The molecule has 2 aromatic heterocycles. The van der Waals surface area contributed by atoms with Crippen LogP contribution in [0, 0.1) is 5.92 Å². The van der Waals surface area contributed by atoms with Gasteiger partial charge in [-0.25, -0.2) is 4.98 Å². The van der Waals surface area contributed by atoms with E-state index in [0.717, 1.165) is 18.8 Å². The van der Waals surface area contributed by atoms with Gasteiger partial charge in [-0.3, -0.25) is 14.9 Å². The average molecular weight is 364 g/mol. The van der Waals surface area contributed by atoms with Gasteiger partial charge in [-0.2, -0.15) is 0 Å². The first-order chi connectivity index (χ1) is 11.6. The number of carbonyl (C=O) groups excluding carboxylic acids is 2. The molecular weight excluding hydrogens is 342 g/mol. The lowest BCUT2D eigenvalue weighted by Crippen LogP contribution is -2.38. The molecule has 0 spiro atoms. The zero-order valence-electron chi connectivity index (χ0n) is 13.6. The summed E-state index contributed by atoms with van der Waals surface area (Å²) in [5.74, 6) is 0.619. The third-order valence-electron chi connectivity index (χ3n) is 4.24. The number of amides is 2. The van der Waals surface area contributed by atoms with Crippen molar-refractivity contribution in [2.24, 2.45) is 5.92 Å². The lowest BCUT2D eigenvalue weighted by atomic mass is 9.87. The van der Waals surface area contributed by atoms with Gasteiger partial charge in [0.2, 0.25) is 5.91 Å². The van der Waals surface area contributed by atoms with E-state index >= 15 is 0 Å². The van der Waals surface area contributed by atoms with Gasteiger partial charge in [0.1, 0.15) is 0 Å². The summed E-state index contributed by atoms with van der Waals surface area (Å²) < 4.78 is 0. The maximum Gasteiger partial charge on any atom is 0.267 e. The third-order valence-corrected chi connectivity index (χ3v) is 5.91. The highest BCUT2D eigenvalue weighted by molar-refractivity contribution is 7.14. The number of anilines is 1. The summed E-state index contributed by atoms with van der Waals surface area (Å²) in [6, 6.07) is 3.90. The number of thiophene rings is 1. The number of rotatable bonds is 5. The van der Waals surface area contributed by atoms with E-state index in [1.54, 1.807) is 6.07 Å². The second-order valence-corrected chi connectivity index (χ2v) is 8.08. The molecule has 3 rings (SSSR count). The molecule has 5 nitrogen and oxygen atoms in total. The van der Waals surface area contributed by atoms with Gasteiger partial charge in [-0.05, 0) is 43.0 Å². The van der Waals surface area contributed by atoms with Gasteiger partial charge in [-0.15, -0.1) is 22.7 Å². The molecule has 1 aliphatic carbocycles. The molecule has 0 aromatic carbocycles. The van der Waals surface area contributed by atoms with Crippen molar-refractivity contribution in [1.29, 1.82) is 0 Å². The molecule has 2 amide bonds. The maximum absolute atomic E-state index is 12.1. The predicted molar refractivity (Wildman–Crippen MR) is 97.7 cm³/mol. The molecule has 0 atom stereocenters. The second kappa shape index (κ2) is 7.90. The first-order valence-electron chi connectivity index (χ1n) is 8.19. The Bertz CT molecular complexity index is 689. The molecule has 1 fully saturated rings. The smallest absolute Gasteiger partial charge is 0.267 e. The Balaban J connectivity index is 1.48. The first-order valence-corrected chi connectivity index (χ1v) is 9.94. The summed E-state index contributed by atoms with van der Waals surface area (Å²) in [4.78, 5) is 29.1. The molecule has 1 saturated carbocycles. The van der Waals surface area contributed by atoms with Gasteiger partial charge >= 0.3 is 0 Å². The van der Waals surface area contributed by atoms with Crippen LogP contribution in [-0.2, 0) is 11.2 Å². The van der Waals surface area contributed by atoms with Gasteiger partial charge < -0.3 is 5.32 Å². The van der Waals surface area contributed by atoms with E-state index in [2.05, 4.69) is 22.5 Å². The highest BCUT2D eigenvalue weighted by atomic mass is 32.1. The average Bonchev–Trinajstić information content (AvgIpc) is 3.21. The second-order valence-electron chi connectivity index (χ2n) is 6.28. The molecule has 24 heavy (non-hydrogen) atoms.